The van der Waals surface area contributed by atoms with Gasteiger partial charge >= 0.3 is 0 Å². The Kier molecular flexibility index (Phi) is 6.04. The molecule has 1 N–H and O–H groups in total. The number of benzene rings is 1. The number of hydrogen-bond acceptors (Lipinski definition) is 7. The van der Waals surface area contributed by atoms with Crippen LogP contribution in [0.2, 0.25) is 0 Å². The van der Waals surface area contributed by atoms with Crippen LogP contribution in [0.3, 0.4) is 0 Å². The summed E-state index contributed by atoms with van der Waals surface area (Å²) in [7, 11) is 0. The van der Waals surface area contributed by atoms with Crippen LogP contribution >= 0.6 is 11.8 Å². The van der Waals surface area contributed by atoms with Crippen LogP contribution in [0.1, 0.15) is 21.7 Å². The highest BCUT2D eigenvalue weighted by molar-refractivity contribution is 7.98. The summed E-state index contributed by atoms with van der Waals surface area (Å²) >= 11 is 1.35. The molecular weight excluding hydrogens is 405 g/mol. The monoisotopic (exact) mass is 421 g/mol. The van der Waals surface area contributed by atoms with Crippen LogP contribution in [-0.2, 0) is 12.3 Å². The minimum atomic E-state index is -0.364. The molecule has 0 fully saturated rings. The van der Waals surface area contributed by atoms with E-state index in [1.54, 1.807) is 49.1 Å². The number of nitrogens with zero attached hydrogens (tertiary/aromatic N) is 6. The number of amides is 1. The third-order valence-corrected chi connectivity index (χ3v) is 4.99. The number of carbonyl (C=O) groups is 1. The van der Waals surface area contributed by atoms with Gasteiger partial charge in [0.2, 0.25) is 0 Å². The van der Waals surface area contributed by atoms with E-state index in [0.29, 0.717) is 28.8 Å². The van der Waals surface area contributed by atoms with Crippen LogP contribution in [0.5, 0.6) is 0 Å². The van der Waals surface area contributed by atoms with Gasteiger partial charge in [0, 0.05) is 37.1 Å². The SMILES string of the molecule is O=C(NCc1cccnc1)c1nnn(-c2ccc(F)cc2)c1CSc1ncccn1. The average Bonchev–Trinajstić information content (AvgIpc) is 3.22. The van der Waals surface area contributed by atoms with Crippen molar-refractivity contribution in [2.45, 2.75) is 17.5 Å². The van der Waals surface area contributed by atoms with Crippen molar-refractivity contribution in [2.75, 3.05) is 0 Å². The van der Waals surface area contributed by atoms with Crippen molar-refractivity contribution in [3.63, 3.8) is 0 Å². The van der Waals surface area contributed by atoms with Crippen LogP contribution in [0.25, 0.3) is 5.69 Å². The Bertz CT molecular complexity index is 1120. The van der Waals surface area contributed by atoms with Crippen LogP contribution in [0.15, 0.2) is 72.4 Å². The summed E-state index contributed by atoms with van der Waals surface area (Å²) in [4.78, 5) is 25.2. The molecule has 1 amide bonds. The molecular formula is C20H16FN7OS. The highest BCUT2D eigenvalue weighted by Gasteiger charge is 2.21. The van der Waals surface area contributed by atoms with Gasteiger partial charge in [-0.2, -0.15) is 0 Å². The number of aromatic nitrogens is 6. The lowest BCUT2D eigenvalue weighted by molar-refractivity contribution is 0.0945. The van der Waals surface area contributed by atoms with Gasteiger partial charge in [-0.05, 0) is 42.0 Å². The van der Waals surface area contributed by atoms with E-state index in [4.69, 9.17) is 0 Å². The van der Waals surface area contributed by atoms with Crippen LogP contribution in [0, 0.1) is 5.82 Å². The fourth-order valence-electron chi connectivity index (χ4n) is 2.66. The smallest absolute Gasteiger partial charge is 0.274 e. The first kappa shape index (κ1) is 19.6. The van der Waals surface area contributed by atoms with Crippen LogP contribution < -0.4 is 5.32 Å². The van der Waals surface area contributed by atoms with E-state index in [0.717, 1.165) is 5.56 Å². The molecule has 3 aromatic heterocycles. The van der Waals surface area contributed by atoms with E-state index in [2.05, 4.69) is 30.6 Å². The average molecular weight is 421 g/mol. The molecule has 0 aliphatic heterocycles. The van der Waals surface area contributed by atoms with Crippen LogP contribution in [0.4, 0.5) is 4.39 Å². The molecule has 4 aromatic rings. The minimum Gasteiger partial charge on any atom is -0.346 e. The van der Waals surface area contributed by atoms with Gasteiger partial charge in [0.05, 0.1) is 11.4 Å². The number of halogens is 1. The molecule has 0 saturated heterocycles. The molecule has 8 nitrogen and oxygen atoms in total. The minimum absolute atomic E-state index is 0.187. The Morgan fingerprint density at radius 2 is 1.87 bits per heavy atom. The van der Waals surface area contributed by atoms with Gasteiger partial charge in [-0.3, -0.25) is 9.78 Å². The lowest BCUT2D eigenvalue weighted by atomic mass is 10.2. The highest BCUT2D eigenvalue weighted by atomic mass is 32.2. The number of thioether (sulfide) groups is 1. The molecule has 150 valence electrons. The van der Waals surface area contributed by atoms with Crippen molar-refractivity contribution < 1.29 is 9.18 Å². The molecule has 0 aliphatic rings. The number of nitrogens with one attached hydrogen (secondary N) is 1. The highest BCUT2D eigenvalue weighted by Crippen LogP contribution is 2.23. The summed E-state index contributed by atoms with van der Waals surface area (Å²) in [5, 5.41) is 11.6. The quantitative estimate of drug-likeness (QED) is 0.362. The summed E-state index contributed by atoms with van der Waals surface area (Å²) < 4.78 is 14.9. The predicted molar refractivity (Wildman–Crippen MR) is 108 cm³/mol. The van der Waals surface area contributed by atoms with E-state index in [-0.39, 0.29) is 17.4 Å². The number of carbonyl (C=O) groups excluding carboxylic acids is 1. The Morgan fingerprint density at radius 1 is 1.07 bits per heavy atom. The Balaban J connectivity index is 1.60. The molecule has 0 radical (unpaired) electrons. The predicted octanol–water partition coefficient (Wildman–Crippen LogP) is 2.81. The summed E-state index contributed by atoms with van der Waals surface area (Å²) in [5.74, 6) is -0.372. The first-order chi connectivity index (χ1) is 14.7. The summed E-state index contributed by atoms with van der Waals surface area (Å²) in [6.07, 6.45) is 6.64. The second-order valence-corrected chi connectivity index (χ2v) is 7.08. The van der Waals surface area contributed by atoms with Crippen molar-refractivity contribution in [2.24, 2.45) is 0 Å². The van der Waals surface area contributed by atoms with Gasteiger partial charge in [0.15, 0.2) is 10.9 Å². The lowest BCUT2D eigenvalue weighted by Gasteiger charge is -2.08. The van der Waals surface area contributed by atoms with Gasteiger partial charge < -0.3 is 5.32 Å². The van der Waals surface area contributed by atoms with Gasteiger partial charge in [-0.25, -0.2) is 19.0 Å². The maximum absolute atomic E-state index is 13.3. The van der Waals surface area contributed by atoms with Crippen molar-refractivity contribution in [3.05, 3.63) is 90.0 Å². The molecule has 3 heterocycles. The lowest BCUT2D eigenvalue weighted by Crippen LogP contribution is -2.24. The zero-order valence-corrected chi connectivity index (χ0v) is 16.5. The largest absolute Gasteiger partial charge is 0.346 e. The van der Waals surface area contributed by atoms with E-state index in [9.17, 15) is 9.18 Å². The Labute approximate surface area is 175 Å². The van der Waals surface area contributed by atoms with Gasteiger partial charge in [0.1, 0.15) is 5.82 Å². The summed E-state index contributed by atoms with van der Waals surface area (Å²) in [6, 6.07) is 11.2. The summed E-state index contributed by atoms with van der Waals surface area (Å²) in [6.45, 7) is 0.310. The molecule has 1 aromatic carbocycles. The topological polar surface area (TPSA) is 98.5 Å². The number of hydrogen-bond donors (Lipinski definition) is 1. The van der Waals surface area contributed by atoms with E-state index < -0.39 is 0 Å². The van der Waals surface area contributed by atoms with Crippen molar-refractivity contribution in [1.82, 2.24) is 35.3 Å². The van der Waals surface area contributed by atoms with Crippen molar-refractivity contribution in [3.8, 4) is 5.69 Å². The maximum atomic E-state index is 13.3. The van der Waals surface area contributed by atoms with Gasteiger partial charge in [0.25, 0.3) is 5.91 Å². The molecule has 0 atom stereocenters. The molecule has 0 saturated carbocycles. The van der Waals surface area contributed by atoms with E-state index >= 15 is 0 Å². The second-order valence-electron chi connectivity index (χ2n) is 6.14. The normalized spacial score (nSPS) is 10.7. The molecule has 0 aliphatic carbocycles. The van der Waals surface area contributed by atoms with Crippen molar-refractivity contribution in [1.29, 1.82) is 0 Å². The first-order valence-corrected chi connectivity index (χ1v) is 9.97. The van der Waals surface area contributed by atoms with Crippen molar-refractivity contribution >= 4 is 17.7 Å². The molecule has 10 heteroatoms. The van der Waals surface area contributed by atoms with Gasteiger partial charge in [-0.15, -0.1) is 5.10 Å². The van der Waals surface area contributed by atoms with Crippen LogP contribution in [-0.4, -0.2) is 35.9 Å². The zero-order valence-electron chi connectivity index (χ0n) is 15.6. The molecule has 30 heavy (non-hydrogen) atoms. The fourth-order valence-corrected chi connectivity index (χ4v) is 3.45. The third-order valence-electron chi connectivity index (χ3n) is 4.11. The van der Waals surface area contributed by atoms with Gasteiger partial charge in [-0.1, -0.05) is 23.0 Å². The fraction of sp³-hybridized carbons (Fsp3) is 0.100. The van der Waals surface area contributed by atoms with E-state index in [1.165, 1.54) is 28.6 Å². The third kappa shape index (κ3) is 4.66. The first-order valence-electron chi connectivity index (χ1n) is 8.98. The molecule has 0 bridgehead atoms. The summed E-state index contributed by atoms with van der Waals surface area (Å²) in [5.41, 5.74) is 2.21. The Hall–Kier alpha value is -3.66. The number of pyridine rings is 1. The molecule has 4 rings (SSSR count). The van der Waals surface area contributed by atoms with E-state index in [1.807, 2.05) is 6.07 Å². The molecule has 0 spiro atoms. The second kappa shape index (κ2) is 9.23. The maximum Gasteiger partial charge on any atom is 0.274 e. The standard InChI is InChI=1S/C20H16FN7OS/c21-15-4-6-16(7-5-15)28-17(13-30-20-23-9-2-10-24-20)18(26-27-28)19(29)25-12-14-3-1-8-22-11-14/h1-11H,12-13H2,(H,25,29). The molecule has 0 unspecified atom stereocenters. The zero-order chi connectivity index (χ0) is 20.8. The number of rotatable bonds is 7. The Morgan fingerprint density at radius 3 is 2.60 bits per heavy atom.